The van der Waals surface area contributed by atoms with Crippen LogP contribution in [0.5, 0.6) is 11.5 Å². The first-order chi connectivity index (χ1) is 11.7. The quantitative estimate of drug-likeness (QED) is 0.853. The predicted molar refractivity (Wildman–Crippen MR) is 87.6 cm³/mol. The highest BCUT2D eigenvalue weighted by molar-refractivity contribution is 6.06. The lowest BCUT2D eigenvalue weighted by atomic mass is 10.0. The molecule has 0 aromatic heterocycles. The summed E-state index contributed by atoms with van der Waals surface area (Å²) in [5.41, 5.74) is 1.44. The van der Waals surface area contributed by atoms with Crippen molar-refractivity contribution in [3.63, 3.8) is 0 Å². The van der Waals surface area contributed by atoms with Crippen LogP contribution in [0.1, 0.15) is 24.8 Å². The summed E-state index contributed by atoms with van der Waals surface area (Å²) in [6, 6.07) is 5.53. The van der Waals surface area contributed by atoms with Crippen molar-refractivity contribution >= 4 is 11.6 Å². The molecule has 0 aliphatic carbocycles. The maximum absolute atomic E-state index is 12.2. The average Bonchev–Trinajstić information content (AvgIpc) is 3.30. The van der Waals surface area contributed by atoms with E-state index in [0.29, 0.717) is 30.2 Å². The molecule has 1 saturated heterocycles. The van der Waals surface area contributed by atoms with E-state index in [1.54, 1.807) is 14.2 Å². The van der Waals surface area contributed by atoms with Crippen LogP contribution in [0.2, 0.25) is 0 Å². The SMILES string of the molecule is COc1cccc(C2=NO[C@H](C(=O)NC[C@H]3CCCO3)C2)c1OC. The standard InChI is InChI=1S/C17H22N2O5/c1-21-14-7-3-6-12(16(14)22-2)13-9-15(24-19-13)17(20)18-10-11-5-4-8-23-11/h3,6-7,11,15H,4-5,8-10H2,1-2H3,(H,18,20)/t11-,15+/m1/s1. The second-order valence-electron chi connectivity index (χ2n) is 5.76. The number of hydrogen-bond donors (Lipinski definition) is 1. The molecule has 2 aliphatic rings. The van der Waals surface area contributed by atoms with E-state index < -0.39 is 6.10 Å². The number of carbonyl (C=O) groups is 1. The molecule has 7 heteroatoms. The van der Waals surface area contributed by atoms with Gasteiger partial charge in [-0.15, -0.1) is 0 Å². The van der Waals surface area contributed by atoms with Crippen molar-refractivity contribution in [2.75, 3.05) is 27.4 Å². The largest absolute Gasteiger partial charge is 0.493 e. The number of rotatable bonds is 6. The zero-order valence-corrected chi connectivity index (χ0v) is 13.9. The van der Waals surface area contributed by atoms with Crippen LogP contribution in [0.3, 0.4) is 0 Å². The van der Waals surface area contributed by atoms with Gasteiger partial charge in [-0.3, -0.25) is 4.79 Å². The number of benzene rings is 1. The van der Waals surface area contributed by atoms with E-state index in [1.807, 2.05) is 18.2 Å². The molecule has 1 N–H and O–H groups in total. The minimum Gasteiger partial charge on any atom is -0.493 e. The van der Waals surface area contributed by atoms with Gasteiger partial charge in [-0.1, -0.05) is 11.2 Å². The maximum atomic E-state index is 12.2. The van der Waals surface area contributed by atoms with Gasteiger partial charge in [0.15, 0.2) is 11.5 Å². The fourth-order valence-electron chi connectivity index (χ4n) is 2.93. The number of nitrogens with one attached hydrogen (secondary N) is 1. The first kappa shape index (κ1) is 16.6. The summed E-state index contributed by atoms with van der Waals surface area (Å²) in [5.74, 6) is 1.03. The van der Waals surface area contributed by atoms with E-state index in [1.165, 1.54) is 0 Å². The predicted octanol–water partition coefficient (Wildman–Crippen LogP) is 1.49. The van der Waals surface area contributed by atoms with Crippen molar-refractivity contribution in [3.8, 4) is 11.5 Å². The molecule has 130 valence electrons. The second-order valence-corrected chi connectivity index (χ2v) is 5.76. The summed E-state index contributed by atoms with van der Waals surface area (Å²) >= 11 is 0. The lowest BCUT2D eigenvalue weighted by Crippen LogP contribution is -2.39. The molecule has 24 heavy (non-hydrogen) atoms. The Morgan fingerprint density at radius 1 is 1.38 bits per heavy atom. The van der Waals surface area contributed by atoms with Gasteiger partial charge in [-0.25, -0.2) is 0 Å². The lowest BCUT2D eigenvalue weighted by molar-refractivity contribution is -0.131. The molecule has 1 aromatic carbocycles. The fourth-order valence-corrected chi connectivity index (χ4v) is 2.93. The Bertz CT molecular complexity index is 625. The molecule has 2 atom stereocenters. The van der Waals surface area contributed by atoms with Gasteiger partial charge in [0, 0.05) is 25.1 Å². The molecular formula is C17H22N2O5. The number of ether oxygens (including phenoxy) is 3. The Balaban J connectivity index is 1.61. The Labute approximate surface area is 140 Å². The number of nitrogens with zero attached hydrogens (tertiary/aromatic N) is 1. The van der Waals surface area contributed by atoms with Crippen LogP contribution in [0.4, 0.5) is 0 Å². The maximum Gasteiger partial charge on any atom is 0.264 e. The van der Waals surface area contributed by atoms with E-state index in [0.717, 1.165) is 25.0 Å². The van der Waals surface area contributed by atoms with E-state index >= 15 is 0 Å². The zero-order valence-electron chi connectivity index (χ0n) is 13.9. The highest BCUT2D eigenvalue weighted by Crippen LogP contribution is 2.33. The molecule has 2 aliphatic heterocycles. The minimum atomic E-state index is -0.627. The molecule has 0 spiro atoms. The first-order valence-electron chi connectivity index (χ1n) is 8.06. The van der Waals surface area contributed by atoms with Crippen LogP contribution in [0, 0.1) is 0 Å². The fraction of sp³-hybridized carbons (Fsp3) is 0.529. The highest BCUT2D eigenvalue weighted by atomic mass is 16.6. The van der Waals surface area contributed by atoms with Gasteiger partial charge >= 0.3 is 0 Å². The van der Waals surface area contributed by atoms with Gasteiger partial charge in [-0.05, 0) is 25.0 Å². The van der Waals surface area contributed by atoms with E-state index in [-0.39, 0.29) is 12.0 Å². The summed E-state index contributed by atoms with van der Waals surface area (Å²) in [6.45, 7) is 1.28. The summed E-state index contributed by atoms with van der Waals surface area (Å²) < 4.78 is 16.2. The molecule has 1 fully saturated rings. The van der Waals surface area contributed by atoms with Crippen molar-refractivity contribution < 1.29 is 23.8 Å². The van der Waals surface area contributed by atoms with Crippen molar-refractivity contribution in [2.45, 2.75) is 31.5 Å². The number of hydrogen-bond acceptors (Lipinski definition) is 6. The Kier molecular flexibility index (Phi) is 5.20. The van der Waals surface area contributed by atoms with Crippen LogP contribution in [0.15, 0.2) is 23.4 Å². The normalized spacial score (nSPS) is 22.7. The van der Waals surface area contributed by atoms with Crippen LogP contribution in [0.25, 0.3) is 0 Å². The molecule has 0 unspecified atom stereocenters. The molecule has 0 bridgehead atoms. The molecule has 2 heterocycles. The van der Waals surface area contributed by atoms with Crippen molar-refractivity contribution in [1.82, 2.24) is 5.32 Å². The van der Waals surface area contributed by atoms with E-state index in [4.69, 9.17) is 19.0 Å². The monoisotopic (exact) mass is 334 g/mol. The third-order valence-electron chi connectivity index (χ3n) is 4.20. The third-order valence-corrected chi connectivity index (χ3v) is 4.20. The van der Waals surface area contributed by atoms with Gasteiger partial charge in [0.25, 0.3) is 5.91 Å². The first-order valence-corrected chi connectivity index (χ1v) is 8.06. The van der Waals surface area contributed by atoms with E-state index in [2.05, 4.69) is 10.5 Å². The summed E-state index contributed by atoms with van der Waals surface area (Å²) in [4.78, 5) is 17.5. The number of methoxy groups -OCH3 is 2. The highest BCUT2D eigenvalue weighted by Gasteiger charge is 2.31. The van der Waals surface area contributed by atoms with Crippen molar-refractivity contribution in [3.05, 3.63) is 23.8 Å². The molecule has 7 nitrogen and oxygen atoms in total. The molecule has 3 rings (SSSR count). The van der Waals surface area contributed by atoms with Crippen molar-refractivity contribution in [1.29, 1.82) is 0 Å². The van der Waals surface area contributed by atoms with Crippen LogP contribution >= 0.6 is 0 Å². The zero-order chi connectivity index (χ0) is 16.9. The van der Waals surface area contributed by atoms with Gasteiger partial charge in [-0.2, -0.15) is 0 Å². The number of carbonyl (C=O) groups excluding carboxylic acids is 1. The molecule has 0 saturated carbocycles. The topological polar surface area (TPSA) is 78.4 Å². The Morgan fingerprint density at radius 2 is 2.25 bits per heavy atom. The number of oxime groups is 1. The van der Waals surface area contributed by atoms with Crippen LogP contribution in [-0.4, -0.2) is 51.2 Å². The van der Waals surface area contributed by atoms with Gasteiger partial charge in [0.2, 0.25) is 6.10 Å². The average molecular weight is 334 g/mol. The minimum absolute atomic E-state index is 0.106. The smallest absolute Gasteiger partial charge is 0.264 e. The van der Waals surface area contributed by atoms with Gasteiger partial charge in [0.05, 0.1) is 26.0 Å². The van der Waals surface area contributed by atoms with E-state index in [9.17, 15) is 4.79 Å². The third kappa shape index (κ3) is 3.46. The Morgan fingerprint density at radius 3 is 2.96 bits per heavy atom. The van der Waals surface area contributed by atoms with Gasteiger partial charge in [0.1, 0.15) is 0 Å². The van der Waals surface area contributed by atoms with Crippen molar-refractivity contribution in [2.24, 2.45) is 5.16 Å². The summed E-state index contributed by atoms with van der Waals surface area (Å²) in [6.07, 6.45) is 1.89. The molecular weight excluding hydrogens is 312 g/mol. The molecule has 0 radical (unpaired) electrons. The summed E-state index contributed by atoms with van der Waals surface area (Å²) in [7, 11) is 3.15. The van der Waals surface area contributed by atoms with Gasteiger partial charge < -0.3 is 24.4 Å². The second kappa shape index (κ2) is 7.53. The van der Waals surface area contributed by atoms with Crippen LogP contribution in [-0.2, 0) is 14.4 Å². The lowest BCUT2D eigenvalue weighted by Gasteiger charge is -2.13. The van der Waals surface area contributed by atoms with Crippen LogP contribution < -0.4 is 14.8 Å². The number of para-hydroxylation sites is 1. The molecule has 1 aromatic rings. The number of amides is 1. The summed E-state index contributed by atoms with van der Waals surface area (Å²) in [5, 5.41) is 6.93. The molecule has 1 amide bonds. The Hall–Kier alpha value is -2.28.